The second-order valence-electron chi connectivity index (χ2n) is 3.22. The van der Waals surface area contributed by atoms with Crippen molar-refractivity contribution in [2.24, 2.45) is 0 Å². The lowest BCUT2D eigenvalue weighted by Gasteiger charge is -2.08. The van der Waals surface area contributed by atoms with E-state index in [-0.39, 0.29) is 10.1 Å². The van der Waals surface area contributed by atoms with Gasteiger partial charge >= 0.3 is 11.0 Å². The summed E-state index contributed by atoms with van der Waals surface area (Å²) in [6.45, 7) is 0. The van der Waals surface area contributed by atoms with Crippen LogP contribution in [-0.2, 0) is 4.79 Å². The van der Waals surface area contributed by atoms with Gasteiger partial charge in [0.2, 0.25) is 0 Å². The Kier molecular flexibility index (Phi) is 2.73. The van der Waals surface area contributed by atoms with E-state index in [1.54, 1.807) is 24.3 Å². The van der Waals surface area contributed by atoms with Crippen molar-refractivity contribution in [3.05, 3.63) is 40.9 Å². The number of rotatable bonds is 1. The average Bonchev–Trinajstić information content (AvgIpc) is 2.44. The first-order valence-corrected chi connectivity index (χ1v) is 5.26. The summed E-state index contributed by atoms with van der Waals surface area (Å²) in [6.07, 6.45) is 1.48. The Hall–Kier alpha value is -1.34. The van der Waals surface area contributed by atoms with Crippen molar-refractivity contribution in [2.45, 2.75) is 5.12 Å². The van der Waals surface area contributed by atoms with Crippen molar-refractivity contribution < 1.29 is 20.2 Å². The molecule has 1 saturated heterocycles. The van der Waals surface area contributed by atoms with E-state index < -0.39 is 11.0 Å². The van der Waals surface area contributed by atoms with Crippen molar-refractivity contribution >= 4 is 23.7 Å². The molecule has 1 aromatic rings. The molecule has 6 heteroatoms. The normalized spacial score (nSPS) is 21.8. The molecule has 3 N–H and O–H groups in total. The summed E-state index contributed by atoms with van der Waals surface area (Å²) in [6, 6.07) is 8.94. The molecular weight excluding hydrogens is 230 g/mol. The molecule has 0 aromatic heterocycles. The summed E-state index contributed by atoms with van der Waals surface area (Å²) in [5.41, 5.74) is 0.745. The van der Waals surface area contributed by atoms with Gasteiger partial charge in [-0.25, -0.2) is 0 Å². The Morgan fingerprint density at radius 3 is 2.38 bits per heavy atom. The Morgan fingerprint density at radius 2 is 1.88 bits per heavy atom. The minimum absolute atomic E-state index is 0.0706. The molecule has 0 radical (unpaired) electrons. The molecule has 0 aliphatic carbocycles. The van der Waals surface area contributed by atoms with Gasteiger partial charge in [0, 0.05) is 0 Å². The maximum Gasteiger partial charge on any atom is 0.322 e. The van der Waals surface area contributed by atoms with Crippen LogP contribution >= 0.6 is 11.8 Å². The van der Waals surface area contributed by atoms with Crippen LogP contribution in [0.5, 0.6) is 0 Å². The number of benzene rings is 1. The van der Waals surface area contributed by atoms with Crippen molar-refractivity contribution in [1.82, 2.24) is 5.06 Å². The first-order valence-electron chi connectivity index (χ1n) is 4.44. The van der Waals surface area contributed by atoms with Crippen LogP contribution in [-0.4, -0.2) is 31.5 Å². The van der Waals surface area contributed by atoms with E-state index in [1.165, 1.54) is 6.08 Å². The van der Waals surface area contributed by atoms with Gasteiger partial charge in [-0.3, -0.25) is 10.0 Å². The van der Waals surface area contributed by atoms with Crippen molar-refractivity contribution in [2.75, 3.05) is 0 Å². The minimum Gasteiger partial charge on any atom is -0.349 e. The molecule has 1 heterocycles. The van der Waals surface area contributed by atoms with Gasteiger partial charge in [-0.15, -0.1) is 0 Å². The minimum atomic E-state index is -2.59. The number of carbonyl (C=O) groups is 1. The molecular formula is C10H9NO4S. The quantitative estimate of drug-likeness (QED) is 0.493. The Labute approximate surface area is 95.6 Å². The monoisotopic (exact) mass is 239 g/mol. The SMILES string of the molecule is O=C1N(O)C(=Cc2ccccc2)SC1(O)O. The molecule has 2 rings (SSSR count). The zero-order chi connectivity index (χ0) is 11.8. The molecule has 0 spiro atoms. The number of hydrogen-bond donors (Lipinski definition) is 3. The summed E-state index contributed by atoms with van der Waals surface area (Å²) in [7, 11) is 0. The van der Waals surface area contributed by atoms with Crippen molar-refractivity contribution in [1.29, 1.82) is 0 Å². The summed E-state index contributed by atoms with van der Waals surface area (Å²) in [4.78, 5) is 11.1. The summed E-state index contributed by atoms with van der Waals surface area (Å²) >= 11 is 0.477. The van der Waals surface area contributed by atoms with E-state index in [2.05, 4.69) is 0 Å². The van der Waals surface area contributed by atoms with Gasteiger partial charge in [-0.05, 0) is 23.4 Å². The molecule has 16 heavy (non-hydrogen) atoms. The highest BCUT2D eigenvalue weighted by molar-refractivity contribution is 8.05. The Bertz CT molecular complexity index is 443. The van der Waals surface area contributed by atoms with Gasteiger partial charge in [-0.1, -0.05) is 30.3 Å². The molecule has 0 saturated carbocycles. The highest BCUT2D eigenvalue weighted by Gasteiger charge is 2.48. The van der Waals surface area contributed by atoms with E-state index in [4.69, 9.17) is 0 Å². The van der Waals surface area contributed by atoms with E-state index in [1.807, 2.05) is 6.07 Å². The number of thioether (sulfide) groups is 1. The van der Waals surface area contributed by atoms with Gasteiger partial charge in [-0.2, -0.15) is 5.06 Å². The highest BCUT2D eigenvalue weighted by atomic mass is 32.2. The maximum atomic E-state index is 11.1. The Morgan fingerprint density at radius 1 is 1.25 bits per heavy atom. The zero-order valence-electron chi connectivity index (χ0n) is 8.07. The van der Waals surface area contributed by atoms with E-state index in [9.17, 15) is 20.2 Å². The molecule has 1 aromatic carbocycles. The zero-order valence-corrected chi connectivity index (χ0v) is 8.89. The fraction of sp³-hybridized carbons (Fsp3) is 0.100. The van der Waals surface area contributed by atoms with Crippen LogP contribution in [0.3, 0.4) is 0 Å². The number of aliphatic hydroxyl groups is 2. The van der Waals surface area contributed by atoms with Crippen molar-refractivity contribution in [3.63, 3.8) is 0 Å². The number of hydroxylamine groups is 2. The highest BCUT2D eigenvalue weighted by Crippen LogP contribution is 2.39. The first kappa shape index (κ1) is 11.2. The third kappa shape index (κ3) is 1.96. The molecule has 0 atom stereocenters. The predicted octanol–water partition coefficient (Wildman–Crippen LogP) is 0.588. The van der Waals surface area contributed by atoms with Gasteiger partial charge in [0.25, 0.3) is 0 Å². The third-order valence-electron chi connectivity index (χ3n) is 2.02. The molecule has 1 aliphatic rings. The Balaban J connectivity index is 2.31. The second kappa shape index (κ2) is 3.91. The lowest BCUT2D eigenvalue weighted by molar-refractivity contribution is -0.184. The van der Waals surface area contributed by atoms with Crippen LogP contribution in [0.25, 0.3) is 6.08 Å². The van der Waals surface area contributed by atoms with Gasteiger partial charge in [0.1, 0.15) is 5.03 Å². The number of carbonyl (C=O) groups excluding carboxylic acids is 1. The molecule has 0 unspecified atom stereocenters. The predicted molar refractivity (Wildman–Crippen MR) is 57.8 cm³/mol. The molecule has 1 aliphatic heterocycles. The summed E-state index contributed by atoms with van der Waals surface area (Å²) < 4.78 is 0. The van der Waals surface area contributed by atoms with Crippen molar-refractivity contribution in [3.8, 4) is 0 Å². The van der Waals surface area contributed by atoms with Gasteiger partial charge in [0.15, 0.2) is 0 Å². The third-order valence-corrected chi connectivity index (χ3v) is 2.98. The van der Waals surface area contributed by atoms with E-state index in [0.29, 0.717) is 11.8 Å². The summed E-state index contributed by atoms with van der Waals surface area (Å²) in [5, 5.41) is 25.5. The molecule has 84 valence electrons. The van der Waals surface area contributed by atoms with Gasteiger partial charge < -0.3 is 10.2 Å². The van der Waals surface area contributed by atoms with Crippen LogP contribution in [0.1, 0.15) is 5.56 Å². The first-order chi connectivity index (χ1) is 7.50. The molecule has 1 fully saturated rings. The standard InChI is InChI=1S/C10H9NO4S/c12-9-10(13,14)16-8(11(9)15)6-7-4-2-1-3-5-7/h1-6,13-15H. The number of nitrogens with zero attached hydrogens (tertiary/aromatic N) is 1. The molecule has 0 bridgehead atoms. The molecule has 5 nitrogen and oxygen atoms in total. The lowest BCUT2D eigenvalue weighted by atomic mass is 10.2. The van der Waals surface area contributed by atoms with Crippen LogP contribution in [0, 0.1) is 0 Å². The van der Waals surface area contributed by atoms with Crippen LogP contribution in [0.2, 0.25) is 0 Å². The fourth-order valence-corrected chi connectivity index (χ4v) is 2.08. The largest absolute Gasteiger partial charge is 0.349 e. The number of amides is 1. The van der Waals surface area contributed by atoms with Crippen LogP contribution < -0.4 is 0 Å². The van der Waals surface area contributed by atoms with Crippen LogP contribution in [0.4, 0.5) is 0 Å². The second-order valence-corrected chi connectivity index (χ2v) is 4.41. The summed E-state index contributed by atoms with van der Waals surface area (Å²) in [5.74, 6) is -1.17. The fourth-order valence-electron chi connectivity index (χ4n) is 1.25. The topological polar surface area (TPSA) is 81.0 Å². The van der Waals surface area contributed by atoms with E-state index in [0.717, 1.165) is 5.56 Å². The van der Waals surface area contributed by atoms with Gasteiger partial charge in [0.05, 0.1) is 0 Å². The average molecular weight is 239 g/mol. The smallest absolute Gasteiger partial charge is 0.322 e. The molecule has 1 amide bonds. The lowest BCUT2D eigenvalue weighted by Crippen LogP contribution is -2.36. The number of hydrogen-bond acceptors (Lipinski definition) is 5. The van der Waals surface area contributed by atoms with E-state index >= 15 is 0 Å². The van der Waals surface area contributed by atoms with Crippen LogP contribution in [0.15, 0.2) is 35.4 Å². The maximum absolute atomic E-state index is 11.1.